The quantitative estimate of drug-likeness (QED) is 0.727. The summed E-state index contributed by atoms with van der Waals surface area (Å²) in [6, 6.07) is 7.42. The van der Waals surface area contributed by atoms with Crippen LogP contribution in [0.1, 0.15) is 23.6 Å². The van der Waals surface area contributed by atoms with Crippen molar-refractivity contribution >= 4 is 17.6 Å². The highest BCUT2D eigenvalue weighted by atomic mass is 35.5. The lowest BCUT2D eigenvalue weighted by Gasteiger charge is -2.25. The van der Waals surface area contributed by atoms with E-state index in [0.29, 0.717) is 52.5 Å². The summed E-state index contributed by atoms with van der Waals surface area (Å²) >= 11 is 6.17. The number of benzene rings is 2. The van der Waals surface area contributed by atoms with Crippen LogP contribution in [0.25, 0.3) is 11.1 Å². The van der Waals surface area contributed by atoms with Gasteiger partial charge in [0.25, 0.3) is 0 Å². The standard InChI is InChI=1S/C20H19ClF3NO3/c1-2-27-19(26)11-28-14-8-12(7-13(21)9-14)15-3-4-18(20(22,23)24)16-5-6-25-10-17(15)16/h3-4,7-9,25H,2,5-6,10-11H2,1H3. The number of nitrogens with one attached hydrogen (secondary N) is 1. The van der Waals surface area contributed by atoms with Crippen LogP contribution in [-0.4, -0.2) is 25.7 Å². The van der Waals surface area contributed by atoms with Gasteiger partial charge in [-0.25, -0.2) is 4.79 Å². The number of ether oxygens (including phenoxy) is 2. The Morgan fingerprint density at radius 2 is 2.00 bits per heavy atom. The van der Waals surface area contributed by atoms with Crippen LogP contribution in [-0.2, 0) is 28.7 Å². The van der Waals surface area contributed by atoms with Crippen molar-refractivity contribution < 1.29 is 27.4 Å². The molecule has 2 aromatic carbocycles. The lowest BCUT2D eigenvalue weighted by Crippen LogP contribution is -2.27. The van der Waals surface area contributed by atoms with Crippen LogP contribution in [0.2, 0.25) is 5.02 Å². The molecule has 1 heterocycles. The van der Waals surface area contributed by atoms with Gasteiger partial charge < -0.3 is 14.8 Å². The van der Waals surface area contributed by atoms with Crippen molar-refractivity contribution in [1.29, 1.82) is 0 Å². The van der Waals surface area contributed by atoms with E-state index in [-0.39, 0.29) is 13.2 Å². The molecule has 8 heteroatoms. The summed E-state index contributed by atoms with van der Waals surface area (Å²) in [6.07, 6.45) is -4.10. The first-order valence-electron chi connectivity index (χ1n) is 8.81. The van der Waals surface area contributed by atoms with E-state index in [1.165, 1.54) is 6.07 Å². The molecule has 0 atom stereocenters. The van der Waals surface area contributed by atoms with Gasteiger partial charge in [-0.1, -0.05) is 17.7 Å². The molecule has 3 rings (SSSR count). The highest BCUT2D eigenvalue weighted by molar-refractivity contribution is 6.31. The first kappa shape index (κ1) is 20.5. The number of carbonyl (C=O) groups is 1. The van der Waals surface area contributed by atoms with E-state index in [4.69, 9.17) is 21.1 Å². The molecular weight excluding hydrogens is 395 g/mol. The van der Waals surface area contributed by atoms with Crippen LogP contribution in [0, 0.1) is 0 Å². The number of esters is 1. The monoisotopic (exact) mass is 413 g/mol. The van der Waals surface area contributed by atoms with Crippen LogP contribution < -0.4 is 10.1 Å². The lowest BCUT2D eigenvalue weighted by molar-refractivity contribution is -0.145. The molecule has 1 aliphatic rings. The largest absolute Gasteiger partial charge is 0.482 e. The van der Waals surface area contributed by atoms with E-state index in [0.717, 1.165) is 6.07 Å². The topological polar surface area (TPSA) is 47.6 Å². The molecule has 0 spiro atoms. The first-order valence-corrected chi connectivity index (χ1v) is 9.19. The normalized spacial score (nSPS) is 13.8. The molecule has 0 amide bonds. The van der Waals surface area contributed by atoms with Gasteiger partial charge in [-0.15, -0.1) is 0 Å². The fraction of sp³-hybridized carbons (Fsp3) is 0.350. The van der Waals surface area contributed by atoms with Gasteiger partial charge >= 0.3 is 12.1 Å². The Morgan fingerprint density at radius 1 is 1.21 bits per heavy atom. The number of fused-ring (bicyclic) bond motifs is 1. The summed E-state index contributed by atoms with van der Waals surface area (Å²) in [7, 11) is 0. The van der Waals surface area contributed by atoms with E-state index in [1.807, 2.05) is 0 Å². The molecule has 2 aromatic rings. The fourth-order valence-electron chi connectivity index (χ4n) is 3.29. The lowest BCUT2D eigenvalue weighted by atomic mass is 9.88. The maximum atomic E-state index is 13.4. The zero-order chi connectivity index (χ0) is 20.3. The van der Waals surface area contributed by atoms with Gasteiger partial charge in [0, 0.05) is 11.6 Å². The Bertz CT molecular complexity index is 884. The second-order valence-corrected chi connectivity index (χ2v) is 6.75. The Balaban J connectivity index is 1.98. The second kappa shape index (κ2) is 8.41. The summed E-state index contributed by atoms with van der Waals surface area (Å²) in [5, 5.41) is 3.48. The number of hydrogen-bond donors (Lipinski definition) is 1. The smallest absolute Gasteiger partial charge is 0.416 e. The molecule has 1 aliphatic heterocycles. The third kappa shape index (κ3) is 4.59. The van der Waals surface area contributed by atoms with Gasteiger partial charge in [0.05, 0.1) is 12.2 Å². The van der Waals surface area contributed by atoms with E-state index in [9.17, 15) is 18.0 Å². The Morgan fingerprint density at radius 3 is 2.71 bits per heavy atom. The zero-order valence-electron chi connectivity index (χ0n) is 15.2. The minimum Gasteiger partial charge on any atom is -0.482 e. The van der Waals surface area contributed by atoms with Crippen molar-refractivity contribution in [3.05, 3.63) is 52.0 Å². The SMILES string of the molecule is CCOC(=O)COc1cc(Cl)cc(-c2ccc(C(F)(F)F)c3c2CNCC3)c1. The number of hydrogen-bond acceptors (Lipinski definition) is 4. The van der Waals surface area contributed by atoms with Crippen molar-refractivity contribution in [2.75, 3.05) is 19.8 Å². The average Bonchev–Trinajstić information content (AvgIpc) is 2.64. The number of halogens is 4. The van der Waals surface area contributed by atoms with E-state index in [1.54, 1.807) is 25.1 Å². The average molecular weight is 414 g/mol. The molecule has 0 saturated carbocycles. The Kier molecular flexibility index (Phi) is 6.15. The van der Waals surface area contributed by atoms with Crippen LogP contribution in [0.4, 0.5) is 13.2 Å². The fourth-order valence-corrected chi connectivity index (χ4v) is 3.51. The zero-order valence-corrected chi connectivity index (χ0v) is 15.9. The molecule has 0 fully saturated rings. The maximum Gasteiger partial charge on any atom is 0.416 e. The molecule has 0 unspecified atom stereocenters. The summed E-state index contributed by atoms with van der Waals surface area (Å²) in [4.78, 5) is 11.5. The van der Waals surface area contributed by atoms with Gasteiger partial charge in [-0.2, -0.15) is 13.2 Å². The Labute approximate surface area is 165 Å². The molecule has 0 aromatic heterocycles. The van der Waals surface area contributed by atoms with E-state index in [2.05, 4.69) is 5.32 Å². The van der Waals surface area contributed by atoms with Gasteiger partial charge in [0.1, 0.15) is 5.75 Å². The number of carbonyl (C=O) groups excluding carboxylic acids is 1. The first-order chi connectivity index (χ1) is 13.3. The third-order valence-corrected chi connectivity index (χ3v) is 4.65. The van der Waals surface area contributed by atoms with Crippen LogP contribution >= 0.6 is 11.6 Å². The Hall–Kier alpha value is -2.25. The minimum atomic E-state index is -4.40. The molecule has 4 nitrogen and oxygen atoms in total. The summed E-state index contributed by atoms with van der Waals surface area (Å²) in [5.41, 5.74) is 1.57. The molecule has 0 aliphatic carbocycles. The summed E-state index contributed by atoms with van der Waals surface area (Å²) in [5.74, 6) is -0.173. The molecule has 0 bridgehead atoms. The number of alkyl halides is 3. The molecule has 150 valence electrons. The maximum absolute atomic E-state index is 13.4. The highest BCUT2D eigenvalue weighted by Crippen LogP contribution is 2.39. The van der Waals surface area contributed by atoms with Gasteiger partial charge in [-0.3, -0.25) is 0 Å². The van der Waals surface area contributed by atoms with Gasteiger partial charge in [-0.05, 0) is 66.4 Å². The minimum absolute atomic E-state index is 0.244. The van der Waals surface area contributed by atoms with Crippen LogP contribution in [0.3, 0.4) is 0 Å². The summed E-state index contributed by atoms with van der Waals surface area (Å²) < 4.78 is 50.4. The van der Waals surface area contributed by atoms with Crippen molar-refractivity contribution in [2.45, 2.75) is 26.1 Å². The van der Waals surface area contributed by atoms with Crippen LogP contribution in [0.15, 0.2) is 30.3 Å². The molecule has 0 saturated heterocycles. The third-order valence-electron chi connectivity index (χ3n) is 4.43. The van der Waals surface area contributed by atoms with Crippen molar-refractivity contribution in [3.8, 4) is 16.9 Å². The second-order valence-electron chi connectivity index (χ2n) is 6.31. The van der Waals surface area contributed by atoms with Gasteiger partial charge in [0.15, 0.2) is 6.61 Å². The number of rotatable bonds is 5. The van der Waals surface area contributed by atoms with Crippen molar-refractivity contribution in [3.63, 3.8) is 0 Å². The van der Waals surface area contributed by atoms with Gasteiger partial charge in [0.2, 0.25) is 0 Å². The van der Waals surface area contributed by atoms with Crippen molar-refractivity contribution in [2.24, 2.45) is 0 Å². The van der Waals surface area contributed by atoms with E-state index >= 15 is 0 Å². The molecular formula is C20H19ClF3NO3. The molecule has 1 N–H and O–H groups in total. The predicted octanol–water partition coefficient (Wildman–Crippen LogP) is 4.61. The molecule has 28 heavy (non-hydrogen) atoms. The predicted molar refractivity (Wildman–Crippen MR) is 99.4 cm³/mol. The molecule has 0 radical (unpaired) electrons. The van der Waals surface area contributed by atoms with E-state index < -0.39 is 17.7 Å². The summed E-state index contributed by atoms with van der Waals surface area (Å²) in [6.45, 7) is 2.48. The van der Waals surface area contributed by atoms with Crippen molar-refractivity contribution in [1.82, 2.24) is 5.32 Å². The van der Waals surface area contributed by atoms with Crippen LogP contribution in [0.5, 0.6) is 5.75 Å². The highest BCUT2D eigenvalue weighted by Gasteiger charge is 2.35.